The lowest BCUT2D eigenvalue weighted by Crippen LogP contribution is -2.26. The highest BCUT2D eigenvalue weighted by molar-refractivity contribution is 7.09. The maximum atomic E-state index is 12.6. The molecule has 0 atom stereocenters. The first-order chi connectivity index (χ1) is 12.0. The fourth-order valence-corrected chi connectivity index (χ4v) is 3.60. The lowest BCUT2D eigenvalue weighted by molar-refractivity contribution is 0.0953. The number of thiophene rings is 1. The molecule has 0 unspecified atom stereocenters. The van der Waals surface area contributed by atoms with Crippen molar-refractivity contribution in [3.63, 3.8) is 0 Å². The van der Waals surface area contributed by atoms with Gasteiger partial charge in [0.05, 0.1) is 17.8 Å². The van der Waals surface area contributed by atoms with Gasteiger partial charge < -0.3 is 5.32 Å². The van der Waals surface area contributed by atoms with Crippen molar-refractivity contribution in [2.24, 2.45) is 0 Å². The number of nitrogens with one attached hydrogen (secondary N) is 1. The Morgan fingerprint density at radius 3 is 2.60 bits per heavy atom. The van der Waals surface area contributed by atoms with E-state index in [0.717, 1.165) is 17.8 Å². The molecule has 2 aromatic heterocycles. The summed E-state index contributed by atoms with van der Waals surface area (Å²) in [7, 11) is 0. The highest BCUT2D eigenvalue weighted by Gasteiger charge is 2.18. The molecule has 0 saturated carbocycles. The summed E-state index contributed by atoms with van der Waals surface area (Å²) < 4.78 is 1.91. The lowest BCUT2D eigenvalue weighted by Gasteiger charge is -2.07. The first-order valence-corrected chi connectivity index (χ1v) is 9.32. The number of carbonyl (C=O) groups is 1. The molecule has 0 spiro atoms. The van der Waals surface area contributed by atoms with Gasteiger partial charge in [-0.1, -0.05) is 35.9 Å². The van der Waals surface area contributed by atoms with E-state index in [1.165, 1.54) is 16.0 Å². The monoisotopic (exact) mass is 353 g/mol. The minimum Gasteiger partial charge on any atom is -0.352 e. The Morgan fingerprint density at radius 2 is 1.92 bits per heavy atom. The van der Waals surface area contributed by atoms with Crippen LogP contribution in [0.3, 0.4) is 0 Å². The summed E-state index contributed by atoms with van der Waals surface area (Å²) in [5.74, 6) is -0.0401. The molecule has 0 saturated heterocycles. The zero-order valence-electron chi connectivity index (χ0n) is 14.9. The number of nitrogens with zero attached hydrogens (tertiary/aromatic N) is 2. The molecule has 0 aliphatic heterocycles. The van der Waals surface area contributed by atoms with Crippen LogP contribution in [0.5, 0.6) is 0 Å². The van der Waals surface area contributed by atoms with Gasteiger partial charge in [-0.15, -0.1) is 11.3 Å². The van der Waals surface area contributed by atoms with E-state index in [0.29, 0.717) is 18.7 Å². The third-order valence-electron chi connectivity index (χ3n) is 4.30. The van der Waals surface area contributed by atoms with Crippen molar-refractivity contribution in [1.82, 2.24) is 15.1 Å². The largest absolute Gasteiger partial charge is 0.352 e. The van der Waals surface area contributed by atoms with Crippen LogP contribution in [0.1, 0.15) is 37.7 Å². The van der Waals surface area contributed by atoms with Crippen molar-refractivity contribution in [3.8, 4) is 0 Å². The van der Waals surface area contributed by atoms with Crippen LogP contribution in [-0.2, 0) is 13.0 Å². The molecule has 3 rings (SSSR count). The number of hydrogen-bond acceptors (Lipinski definition) is 3. The number of carbonyl (C=O) groups excluding carboxylic acids is 1. The summed E-state index contributed by atoms with van der Waals surface area (Å²) >= 11 is 1.72. The second-order valence-corrected chi connectivity index (χ2v) is 7.31. The highest BCUT2D eigenvalue weighted by atomic mass is 32.1. The van der Waals surface area contributed by atoms with Crippen LogP contribution in [0.4, 0.5) is 0 Å². The smallest absolute Gasteiger partial charge is 0.255 e. The van der Waals surface area contributed by atoms with Crippen molar-refractivity contribution in [2.75, 3.05) is 6.54 Å². The van der Waals surface area contributed by atoms with Gasteiger partial charge in [-0.25, -0.2) is 0 Å². The molecule has 3 aromatic rings. The van der Waals surface area contributed by atoms with E-state index in [1.807, 2.05) is 24.6 Å². The molecule has 0 aliphatic carbocycles. The Labute approximate surface area is 152 Å². The van der Waals surface area contributed by atoms with Crippen molar-refractivity contribution in [2.45, 2.75) is 33.7 Å². The first-order valence-electron chi connectivity index (χ1n) is 8.44. The summed E-state index contributed by atoms with van der Waals surface area (Å²) in [6.07, 6.45) is 0.860. The van der Waals surface area contributed by atoms with Gasteiger partial charge in [0.2, 0.25) is 0 Å². The van der Waals surface area contributed by atoms with Gasteiger partial charge in [0.25, 0.3) is 5.91 Å². The molecule has 1 N–H and O–H groups in total. The van der Waals surface area contributed by atoms with Crippen LogP contribution in [0.15, 0.2) is 41.8 Å². The van der Waals surface area contributed by atoms with E-state index in [1.54, 1.807) is 11.3 Å². The Bertz CT molecular complexity index is 848. The Hall–Kier alpha value is -2.40. The van der Waals surface area contributed by atoms with Crippen LogP contribution in [0.25, 0.3) is 0 Å². The minimum atomic E-state index is -0.0401. The van der Waals surface area contributed by atoms with E-state index in [-0.39, 0.29) is 5.91 Å². The first kappa shape index (κ1) is 17.4. The molecular weight excluding hydrogens is 330 g/mol. The van der Waals surface area contributed by atoms with Gasteiger partial charge in [0.15, 0.2) is 0 Å². The molecule has 1 aromatic carbocycles. The Morgan fingerprint density at radius 1 is 1.16 bits per heavy atom. The summed E-state index contributed by atoms with van der Waals surface area (Å²) in [4.78, 5) is 13.8. The molecular formula is C20H23N3OS. The molecule has 2 heterocycles. The SMILES string of the molecule is Cc1ccc(Cn2nc(C)c(C(=O)NCCc3cccs3)c2C)cc1. The summed E-state index contributed by atoms with van der Waals surface area (Å²) in [5, 5.41) is 9.64. The summed E-state index contributed by atoms with van der Waals surface area (Å²) in [6.45, 7) is 7.25. The average Bonchev–Trinajstić information content (AvgIpc) is 3.18. The third kappa shape index (κ3) is 4.17. The van der Waals surface area contributed by atoms with Gasteiger partial charge in [0, 0.05) is 17.1 Å². The van der Waals surface area contributed by atoms with E-state index in [2.05, 4.69) is 53.1 Å². The van der Waals surface area contributed by atoms with E-state index in [9.17, 15) is 4.79 Å². The minimum absolute atomic E-state index is 0.0401. The number of benzene rings is 1. The van der Waals surface area contributed by atoms with Crippen molar-refractivity contribution in [1.29, 1.82) is 0 Å². The number of aromatic nitrogens is 2. The van der Waals surface area contributed by atoms with Crippen LogP contribution in [-0.4, -0.2) is 22.2 Å². The molecule has 130 valence electrons. The van der Waals surface area contributed by atoms with Crippen LogP contribution < -0.4 is 5.32 Å². The lowest BCUT2D eigenvalue weighted by atomic mass is 10.1. The van der Waals surface area contributed by atoms with E-state index in [4.69, 9.17) is 0 Å². The van der Waals surface area contributed by atoms with Crippen LogP contribution >= 0.6 is 11.3 Å². The zero-order chi connectivity index (χ0) is 17.8. The number of aryl methyl sites for hydroxylation is 2. The molecule has 0 aliphatic rings. The van der Waals surface area contributed by atoms with Crippen molar-refractivity contribution in [3.05, 3.63) is 74.7 Å². The average molecular weight is 353 g/mol. The number of hydrogen-bond donors (Lipinski definition) is 1. The maximum absolute atomic E-state index is 12.6. The normalized spacial score (nSPS) is 10.8. The fourth-order valence-electron chi connectivity index (χ4n) is 2.89. The molecule has 0 bridgehead atoms. The summed E-state index contributed by atoms with van der Waals surface area (Å²) in [6, 6.07) is 12.5. The highest BCUT2D eigenvalue weighted by Crippen LogP contribution is 2.15. The fraction of sp³-hybridized carbons (Fsp3) is 0.300. The maximum Gasteiger partial charge on any atom is 0.255 e. The molecule has 25 heavy (non-hydrogen) atoms. The predicted octanol–water partition coefficient (Wildman–Crippen LogP) is 3.89. The van der Waals surface area contributed by atoms with E-state index < -0.39 is 0 Å². The molecule has 4 nitrogen and oxygen atoms in total. The van der Waals surface area contributed by atoms with Gasteiger partial charge in [0.1, 0.15) is 0 Å². The van der Waals surface area contributed by atoms with Gasteiger partial charge in [-0.2, -0.15) is 5.10 Å². The number of rotatable bonds is 6. The molecule has 1 amide bonds. The standard InChI is InChI=1S/C20H23N3OS/c1-14-6-8-17(9-7-14)13-23-16(3)19(15(2)22-23)20(24)21-11-10-18-5-4-12-25-18/h4-9,12H,10-11,13H2,1-3H3,(H,21,24). The second-order valence-electron chi connectivity index (χ2n) is 6.27. The molecule has 0 radical (unpaired) electrons. The number of amides is 1. The predicted molar refractivity (Wildman–Crippen MR) is 102 cm³/mol. The van der Waals surface area contributed by atoms with Crippen LogP contribution in [0.2, 0.25) is 0 Å². The third-order valence-corrected chi connectivity index (χ3v) is 5.23. The topological polar surface area (TPSA) is 46.9 Å². The van der Waals surface area contributed by atoms with Gasteiger partial charge in [-0.3, -0.25) is 9.48 Å². The summed E-state index contributed by atoms with van der Waals surface area (Å²) in [5.41, 5.74) is 4.80. The van der Waals surface area contributed by atoms with Gasteiger partial charge in [-0.05, 0) is 44.2 Å². The molecule has 0 fully saturated rings. The molecule has 5 heteroatoms. The quantitative estimate of drug-likeness (QED) is 0.731. The Balaban J connectivity index is 1.68. The van der Waals surface area contributed by atoms with E-state index >= 15 is 0 Å². The van der Waals surface area contributed by atoms with Crippen molar-refractivity contribution >= 4 is 17.2 Å². The van der Waals surface area contributed by atoms with Crippen LogP contribution in [0, 0.1) is 20.8 Å². The van der Waals surface area contributed by atoms with Gasteiger partial charge >= 0.3 is 0 Å². The second kappa shape index (κ2) is 7.66. The van der Waals surface area contributed by atoms with Crippen molar-refractivity contribution < 1.29 is 4.79 Å². The Kier molecular flexibility index (Phi) is 5.34. The zero-order valence-corrected chi connectivity index (χ0v) is 15.7.